The van der Waals surface area contributed by atoms with E-state index in [1.165, 1.54) is 4.88 Å². The lowest BCUT2D eigenvalue weighted by Gasteiger charge is -2.40. The first-order valence-electron chi connectivity index (χ1n) is 8.80. The summed E-state index contributed by atoms with van der Waals surface area (Å²) in [6, 6.07) is 4.76. The van der Waals surface area contributed by atoms with Crippen LogP contribution in [-0.2, 0) is 16.0 Å². The van der Waals surface area contributed by atoms with Gasteiger partial charge in [-0.1, -0.05) is 6.07 Å². The van der Waals surface area contributed by atoms with Crippen molar-refractivity contribution < 1.29 is 9.53 Å². The Morgan fingerprint density at radius 1 is 1.43 bits per heavy atom. The number of rotatable bonds is 5. The van der Waals surface area contributed by atoms with Crippen LogP contribution >= 0.6 is 11.3 Å². The molecule has 0 saturated carbocycles. The van der Waals surface area contributed by atoms with E-state index in [1.807, 2.05) is 0 Å². The lowest BCUT2D eigenvalue weighted by atomic mass is 9.88. The van der Waals surface area contributed by atoms with Crippen molar-refractivity contribution >= 4 is 17.2 Å². The molecule has 2 aliphatic rings. The van der Waals surface area contributed by atoms with Crippen molar-refractivity contribution in [3.05, 3.63) is 22.4 Å². The van der Waals surface area contributed by atoms with E-state index in [2.05, 4.69) is 41.6 Å². The van der Waals surface area contributed by atoms with Gasteiger partial charge in [-0.3, -0.25) is 4.79 Å². The van der Waals surface area contributed by atoms with E-state index >= 15 is 0 Å². The van der Waals surface area contributed by atoms with Gasteiger partial charge < -0.3 is 15.0 Å². The molecule has 3 heterocycles. The van der Waals surface area contributed by atoms with Crippen molar-refractivity contribution in [3.8, 4) is 0 Å². The number of nitrogens with zero attached hydrogens (tertiary/aromatic N) is 1. The lowest BCUT2D eigenvalue weighted by Crippen LogP contribution is -2.47. The van der Waals surface area contributed by atoms with Gasteiger partial charge >= 0.3 is 0 Å². The topological polar surface area (TPSA) is 41.6 Å². The van der Waals surface area contributed by atoms with Gasteiger partial charge in [0.2, 0.25) is 5.91 Å². The van der Waals surface area contributed by atoms with E-state index in [9.17, 15) is 4.79 Å². The molecule has 128 valence electrons. The lowest BCUT2D eigenvalue weighted by molar-refractivity contribution is -0.141. The largest absolute Gasteiger partial charge is 0.362 e. The van der Waals surface area contributed by atoms with Crippen LogP contribution in [0.1, 0.15) is 44.4 Å². The SMILES string of the molecule is CC(C)N1CCC2(CC[C@@H](C(=O)NCCc3cccs3)O2)CC1. The number of thiophene rings is 1. The zero-order valence-electron chi connectivity index (χ0n) is 14.2. The Morgan fingerprint density at radius 3 is 2.87 bits per heavy atom. The van der Waals surface area contributed by atoms with E-state index in [4.69, 9.17) is 4.74 Å². The van der Waals surface area contributed by atoms with Gasteiger partial charge in [0, 0.05) is 30.6 Å². The highest BCUT2D eigenvalue weighted by Gasteiger charge is 2.44. The Bertz CT molecular complexity index is 507. The van der Waals surface area contributed by atoms with Gasteiger partial charge in [0.25, 0.3) is 0 Å². The molecule has 0 radical (unpaired) electrons. The molecule has 0 aliphatic carbocycles. The maximum atomic E-state index is 12.3. The number of nitrogens with one attached hydrogen (secondary N) is 1. The molecule has 1 spiro atoms. The summed E-state index contributed by atoms with van der Waals surface area (Å²) in [6.07, 6.45) is 4.68. The van der Waals surface area contributed by atoms with Crippen LogP contribution in [-0.4, -0.2) is 48.2 Å². The molecule has 3 rings (SSSR count). The zero-order valence-corrected chi connectivity index (χ0v) is 15.0. The fraction of sp³-hybridized carbons (Fsp3) is 0.722. The second kappa shape index (κ2) is 7.32. The fourth-order valence-electron chi connectivity index (χ4n) is 3.69. The van der Waals surface area contributed by atoms with Crippen molar-refractivity contribution in [2.24, 2.45) is 0 Å². The van der Waals surface area contributed by atoms with Crippen LogP contribution in [0.25, 0.3) is 0 Å². The van der Waals surface area contributed by atoms with Gasteiger partial charge in [0.1, 0.15) is 6.10 Å². The number of likely N-dealkylation sites (tertiary alicyclic amines) is 1. The number of hydrogen-bond acceptors (Lipinski definition) is 4. The Labute approximate surface area is 143 Å². The highest BCUT2D eigenvalue weighted by molar-refractivity contribution is 7.09. The summed E-state index contributed by atoms with van der Waals surface area (Å²) in [7, 11) is 0. The van der Waals surface area contributed by atoms with Gasteiger partial charge in [-0.2, -0.15) is 0 Å². The molecule has 0 aromatic carbocycles. The zero-order chi connectivity index (χ0) is 16.3. The third kappa shape index (κ3) is 4.14. The van der Waals surface area contributed by atoms with E-state index < -0.39 is 0 Å². The minimum absolute atomic E-state index is 0.0405. The minimum Gasteiger partial charge on any atom is -0.362 e. The van der Waals surface area contributed by atoms with Gasteiger partial charge in [-0.15, -0.1) is 11.3 Å². The highest BCUT2D eigenvalue weighted by Crippen LogP contribution is 2.39. The predicted molar refractivity (Wildman–Crippen MR) is 93.8 cm³/mol. The van der Waals surface area contributed by atoms with Crippen LogP contribution in [0, 0.1) is 0 Å². The smallest absolute Gasteiger partial charge is 0.249 e. The molecule has 0 bridgehead atoms. The molecule has 1 N–H and O–H groups in total. The molecule has 2 fully saturated rings. The Hall–Kier alpha value is -0.910. The maximum Gasteiger partial charge on any atom is 0.249 e. The second-order valence-corrected chi connectivity index (χ2v) is 8.11. The van der Waals surface area contributed by atoms with Crippen molar-refractivity contribution in [1.82, 2.24) is 10.2 Å². The third-order valence-electron chi connectivity index (χ3n) is 5.24. The molecule has 2 saturated heterocycles. The summed E-state index contributed by atoms with van der Waals surface area (Å²) in [5.74, 6) is 0.0738. The average Bonchev–Trinajstić information content (AvgIpc) is 3.18. The van der Waals surface area contributed by atoms with Crippen molar-refractivity contribution in [1.29, 1.82) is 0 Å². The van der Waals surface area contributed by atoms with E-state index in [1.54, 1.807) is 11.3 Å². The van der Waals surface area contributed by atoms with Crippen LogP contribution < -0.4 is 5.32 Å². The summed E-state index contributed by atoms with van der Waals surface area (Å²) in [5.41, 5.74) is -0.0405. The normalized spacial score (nSPS) is 24.4. The highest BCUT2D eigenvalue weighted by atomic mass is 32.1. The number of carbonyl (C=O) groups is 1. The van der Waals surface area contributed by atoms with Crippen LogP contribution in [0.3, 0.4) is 0 Å². The molecule has 23 heavy (non-hydrogen) atoms. The molecule has 1 aromatic heterocycles. The summed E-state index contributed by atoms with van der Waals surface area (Å²) in [6.45, 7) is 7.37. The monoisotopic (exact) mass is 336 g/mol. The molecular formula is C18H28N2O2S. The number of hydrogen-bond donors (Lipinski definition) is 1. The summed E-state index contributed by atoms with van der Waals surface area (Å²) in [4.78, 5) is 16.1. The van der Waals surface area contributed by atoms with Gasteiger partial charge in [-0.05, 0) is 57.4 Å². The maximum absolute atomic E-state index is 12.3. The van der Waals surface area contributed by atoms with Gasteiger partial charge in [0.05, 0.1) is 5.60 Å². The quantitative estimate of drug-likeness (QED) is 0.899. The first-order valence-corrected chi connectivity index (χ1v) is 9.68. The molecular weight excluding hydrogens is 308 g/mol. The molecule has 0 unspecified atom stereocenters. The van der Waals surface area contributed by atoms with Gasteiger partial charge in [-0.25, -0.2) is 0 Å². The third-order valence-corrected chi connectivity index (χ3v) is 6.17. The average molecular weight is 337 g/mol. The molecule has 4 nitrogen and oxygen atoms in total. The summed E-state index contributed by atoms with van der Waals surface area (Å²) < 4.78 is 6.23. The van der Waals surface area contributed by atoms with Crippen molar-refractivity contribution in [2.45, 2.75) is 63.7 Å². The van der Waals surface area contributed by atoms with Crippen LogP contribution in [0.15, 0.2) is 17.5 Å². The van der Waals surface area contributed by atoms with Crippen LogP contribution in [0.2, 0.25) is 0 Å². The standard InChI is InChI=1S/C18H28N2O2S/c1-14(2)20-11-8-18(9-12-20)7-5-16(22-18)17(21)19-10-6-15-4-3-13-23-15/h3-4,13-14,16H,5-12H2,1-2H3,(H,19,21)/t16-/m0/s1. The van der Waals surface area contributed by atoms with Crippen LogP contribution in [0.4, 0.5) is 0 Å². The first-order chi connectivity index (χ1) is 11.1. The Balaban J connectivity index is 1.43. The Morgan fingerprint density at radius 2 is 2.22 bits per heavy atom. The van der Waals surface area contributed by atoms with Gasteiger partial charge in [0.15, 0.2) is 0 Å². The van der Waals surface area contributed by atoms with E-state index in [0.717, 1.165) is 45.2 Å². The van der Waals surface area contributed by atoms with Crippen molar-refractivity contribution in [3.63, 3.8) is 0 Å². The minimum atomic E-state index is -0.246. The Kier molecular flexibility index (Phi) is 5.39. The predicted octanol–water partition coefficient (Wildman–Crippen LogP) is 2.83. The van der Waals surface area contributed by atoms with E-state index in [-0.39, 0.29) is 17.6 Å². The molecule has 1 aromatic rings. The van der Waals surface area contributed by atoms with Crippen LogP contribution in [0.5, 0.6) is 0 Å². The number of amides is 1. The first kappa shape index (κ1) is 16.9. The second-order valence-electron chi connectivity index (χ2n) is 7.08. The summed E-state index contributed by atoms with van der Waals surface area (Å²) in [5, 5.41) is 5.12. The molecule has 1 atom stereocenters. The van der Waals surface area contributed by atoms with Crippen molar-refractivity contribution in [2.75, 3.05) is 19.6 Å². The molecule has 5 heteroatoms. The molecule has 1 amide bonds. The van der Waals surface area contributed by atoms with E-state index in [0.29, 0.717) is 12.6 Å². The number of piperidine rings is 1. The fourth-order valence-corrected chi connectivity index (χ4v) is 4.40. The summed E-state index contributed by atoms with van der Waals surface area (Å²) >= 11 is 1.74. The number of ether oxygens (including phenoxy) is 1. The number of carbonyl (C=O) groups excluding carboxylic acids is 1. The molecule has 2 aliphatic heterocycles.